The van der Waals surface area contributed by atoms with Gasteiger partial charge in [0.1, 0.15) is 18.2 Å². The number of carbonyl (C=O) groups is 1. The summed E-state index contributed by atoms with van der Waals surface area (Å²) in [5.74, 6) is 1.97. The molecule has 2 saturated heterocycles. The van der Waals surface area contributed by atoms with E-state index in [0.717, 1.165) is 86.5 Å². The predicted octanol–water partition coefficient (Wildman–Crippen LogP) is 5.64. The molecule has 2 aromatic carbocycles. The minimum atomic E-state index is -0.676. The number of aryl methyl sites for hydroxylation is 2. The van der Waals surface area contributed by atoms with Crippen molar-refractivity contribution >= 4 is 11.8 Å². The number of ether oxygens (including phenoxy) is 2. The second-order valence-corrected chi connectivity index (χ2v) is 13.0. The number of pyridine rings is 1. The van der Waals surface area contributed by atoms with Gasteiger partial charge in [0.25, 0.3) is 0 Å². The third-order valence-corrected chi connectivity index (χ3v) is 10.1. The van der Waals surface area contributed by atoms with E-state index in [1.165, 1.54) is 35.1 Å². The number of anilines is 1. The fourth-order valence-electron chi connectivity index (χ4n) is 7.39. The molecule has 7 nitrogen and oxygen atoms in total. The Hall–Kier alpha value is -3.42. The zero-order valence-corrected chi connectivity index (χ0v) is 24.8. The Bertz CT molecular complexity index is 1500. The topological polar surface area (TPSA) is 75.1 Å². The van der Waals surface area contributed by atoms with Crippen LogP contribution in [0.4, 0.5) is 5.82 Å². The number of benzene rings is 2. The van der Waals surface area contributed by atoms with Gasteiger partial charge in [0.05, 0.1) is 11.1 Å². The number of carboxylic acids is 1. The lowest BCUT2D eigenvalue weighted by atomic mass is 9.92. The van der Waals surface area contributed by atoms with E-state index >= 15 is 0 Å². The third kappa shape index (κ3) is 5.18. The van der Waals surface area contributed by atoms with Crippen molar-refractivity contribution in [3.63, 3.8) is 0 Å². The zero-order valence-electron chi connectivity index (χ0n) is 24.8. The molecule has 1 saturated carbocycles. The number of hydrogen-bond acceptors (Lipinski definition) is 6. The second-order valence-electron chi connectivity index (χ2n) is 13.0. The van der Waals surface area contributed by atoms with Gasteiger partial charge in [-0.25, -0.2) is 4.98 Å². The van der Waals surface area contributed by atoms with Crippen LogP contribution in [-0.4, -0.2) is 60.4 Å². The van der Waals surface area contributed by atoms with Gasteiger partial charge in [0, 0.05) is 45.0 Å². The zero-order chi connectivity index (χ0) is 28.8. The van der Waals surface area contributed by atoms with Gasteiger partial charge >= 0.3 is 5.97 Å². The van der Waals surface area contributed by atoms with Gasteiger partial charge in [-0.3, -0.25) is 9.69 Å². The Morgan fingerprint density at radius 2 is 2.05 bits per heavy atom. The summed E-state index contributed by atoms with van der Waals surface area (Å²) < 4.78 is 12.1. The average Bonchev–Trinajstić information content (AvgIpc) is 3.31. The Kier molecular flexibility index (Phi) is 7.19. The van der Waals surface area contributed by atoms with Gasteiger partial charge in [0.15, 0.2) is 0 Å². The van der Waals surface area contributed by atoms with Gasteiger partial charge in [0.2, 0.25) is 0 Å². The maximum Gasteiger partial charge on any atom is 0.311 e. The molecule has 0 amide bonds. The number of carboxylic acid groups (broad SMARTS) is 1. The highest BCUT2D eigenvalue weighted by Gasteiger charge is 2.65. The molecule has 4 aliphatic rings. The first-order valence-corrected chi connectivity index (χ1v) is 15.5. The minimum absolute atomic E-state index is 0.230. The first-order chi connectivity index (χ1) is 20.4. The minimum Gasteiger partial charge on any atom is -0.488 e. The van der Waals surface area contributed by atoms with Crippen LogP contribution in [0.25, 0.3) is 11.3 Å². The monoisotopic (exact) mass is 567 g/mol. The fourth-order valence-corrected chi connectivity index (χ4v) is 7.39. The molecule has 0 radical (unpaired) electrons. The van der Waals surface area contributed by atoms with E-state index in [9.17, 15) is 9.90 Å². The van der Waals surface area contributed by atoms with E-state index in [-0.39, 0.29) is 5.92 Å². The standard InChI is InChI=1S/C35H41N3O4/c1-23-5-3-6-29(31-7-4-8-32(36-31)38-18-28-17-35(28,22-38)34(39)40)33(23)42-21-26-15-24(2)30-19-37(13-10-27(30)16-26)12-9-25-11-14-41-20-25/h3-8,15-16,25,28H,9-14,17-22H2,1-2H3,(H,39,40)/t25?,28-,35-/m0/s1. The molecule has 0 spiro atoms. The Morgan fingerprint density at radius 3 is 2.86 bits per heavy atom. The number of hydrogen-bond donors (Lipinski definition) is 1. The van der Waals surface area contributed by atoms with Gasteiger partial charge in [-0.2, -0.15) is 0 Å². The average molecular weight is 568 g/mol. The van der Waals surface area contributed by atoms with Gasteiger partial charge in [-0.15, -0.1) is 0 Å². The van der Waals surface area contributed by atoms with E-state index in [0.29, 0.717) is 13.2 Å². The molecular formula is C35H41N3O4. The smallest absolute Gasteiger partial charge is 0.311 e. The van der Waals surface area contributed by atoms with E-state index in [1.807, 2.05) is 24.3 Å². The van der Waals surface area contributed by atoms with Crippen molar-refractivity contribution < 1.29 is 19.4 Å². The van der Waals surface area contributed by atoms with Crippen molar-refractivity contribution in [2.45, 2.75) is 52.7 Å². The molecule has 1 N–H and O–H groups in total. The number of aliphatic carboxylic acids is 1. The first kappa shape index (κ1) is 27.4. The van der Waals surface area contributed by atoms with E-state index < -0.39 is 11.4 Å². The quantitative estimate of drug-likeness (QED) is 0.359. The van der Waals surface area contributed by atoms with E-state index in [1.54, 1.807) is 0 Å². The third-order valence-electron chi connectivity index (χ3n) is 10.1. The molecule has 7 rings (SSSR count). The summed E-state index contributed by atoms with van der Waals surface area (Å²) in [6, 6.07) is 16.9. The van der Waals surface area contributed by atoms with Crippen molar-refractivity contribution in [2.75, 3.05) is 44.3 Å². The molecule has 42 heavy (non-hydrogen) atoms. The summed E-state index contributed by atoms with van der Waals surface area (Å²) in [5, 5.41) is 9.71. The molecule has 3 atom stereocenters. The SMILES string of the molecule is Cc1cc(COc2c(C)cccc2-c2cccc(N3C[C@@H]4C[C@]4(C(=O)O)C3)n2)cc2c1CN(CCC1CCOC1)CC2. The number of aromatic nitrogens is 1. The van der Waals surface area contributed by atoms with Crippen LogP contribution in [0, 0.1) is 31.1 Å². The summed E-state index contributed by atoms with van der Waals surface area (Å²) in [5.41, 5.74) is 7.80. The molecule has 1 unspecified atom stereocenters. The van der Waals surface area contributed by atoms with E-state index in [4.69, 9.17) is 14.5 Å². The summed E-state index contributed by atoms with van der Waals surface area (Å²) in [7, 11) is 0. The normalized spacial score (nSPS) is 24.9. The lowest BCUT2D eigenvalue weighted by Gasteiger charge is -2.31. The fraction of sp³-hybridized carbons (Fsp3) is 0.486. The van der Waals surface area contributed by atoms with Crippen molar-refractivity contribution in [1.82, 2.24) is 9.88 Å². The highest BCUT2D eigenvalue weighted by Crippen LogP contribution is 2.58. The molecule has 3 aromatic rings. The Balaban J connectivity index is 1.05. The lowest BCUT2D eigenvalue weighted by Crippen LogP contribution is -2.33. The summed E-state index contributed by atoms with van der Waals surface area (Å²) in [4.78, 5) is 21.5. The molecule has 1 aromatic heterocycles. The second kappa shape index (κ2) is 11.0. The van der Waals surface area contributed by atoms with Crippen LogP contribution in [0.1, 0.15) is 47.1 Å². The number of rotatable bonds is 9. The van der Waals surface area contributed by atoms with Crippen molar-refractivity contribution in [1.29, 1.82) is 0 Å². The largest absolute Gasteiger partial charge is 0.488 e. The van der Waals surface area contributed by atoms with Gasteiger partial charge in [-0.05, 0) is 104 Å². The van der Waals surface area contributed by atoms with Crippen LogP contribution < -0.4 is 9.64 Å². The van der Waals surface area contributed by atoms with Crippen LogP contribution in [0.5, 0.6) is 5.75 Å². The first-order valence-electron chi connectivity index (χ1n) is 15.5. The van der Waals surface area contributed by atoms with Gasteiger partial charge in [-0.1, -0.05) is 30.3 Å². The molecular weight excluding hydrogens is 526 g/mol. The van der Waals surface area contributed by atoms with Crippen LogP contribution in [0.2, 0.25) is 0 Å². The molecule has 4 heterocycles. The van der Waals surface area contributed by atoms with Crippen LogP contribution in [-0.2, 0) is 29.1 Å². The molecule has 3 fully saturated rings. The van der Waals surface area contributed by atoms with Crippen LogP contribution >= 0.6 is 0 Å². The number of para-hydroxylation sites is 1. The van der Waals surface area contributed by atoms with Crippen molar-refractivity contribution in [3.05, 3.63) is 76.3 Å². The van der Waals surface area contributed by atoms with E-state index in [2.05, 4.69) is 47.9 Å². The molecule has 7 heteroatoms. The highest BCUT2D eigenvalue weighted by molar-refractivity contribution is 5.81. The van der Waals surface area contributed by atoms with Crippen LogP contribution in [0.3, 0.4) is 0 Å². The maximum absolute atomic E-state index is 11.8. The Morgan fingerprint density at radius 1 is 1.17 bits per heavy atom. The maximum atomic E-state index is 11.8. The molecule has 1 aliphatic carbocycles. The Labute approximate surface area is 248 Å². The summed E-state index contributed by atoms with van der Waals surface area (Å²) in [6.45, 7) is 11.3. The summed E-state index contributed by atoms with van der Waals surface area (Å²) in [6.07, 6.45) is 4.31. The number of fused-ring (bicyclic) bond motifs is 2. The van der Waals surface area contributed by atoms with Gasteiger partial charge < -0.3 is 19.5 Å². The number of piperidine rings is 1. The molecule has 3 aliphatic heterocycles. The predicted molar refractivity (Wildman–Crippen MR) is 163 cm³/mol. The summed E-state index contributed by atoms with van der Waals surface area (Å²) >= 11 is 0. The van der Waals surface area contributed by atoms with Crippen molar-refractivity contribution in [2.24, 2.45) is 17.3 Å². The van der Waals surface area contributed by atoms with Crippen molar-refractivity contribution in [3.8, 4) is 17.0 Å². The number of nitrogens with zero attached hydrogens (tertiary/aromatic N) is 3. The lowest BCUT2D eigenvalue weighted by molar-refractivity contribution is -0.143. The highest BCUT2D eigenvalue weighted by atomic mass is 16.5. The molecule has 220 valence electrons. The van der Waals surface area contributed by atoms with Crippen LogP contribution in [0.15, 0.2) is 48.5 Å². The molecule has 0 bridgehead atoms.